The van der Waals surface area contributed by atoms with E-state index in [1.807, 2.05) is 24.3 Å². The van der Waals surface area contributed by atoms with Crippen LogP contribution in [0.4, 0.5) is 0 Å². The van der Waals surface area contributed by atoms with Crippen molar-refractivity contribution in [2.75, 3.05) is 110 Å². The molecule has 0 fully saturated rings. The van der Waals surface area contributed by atoms with Crippen LogP contribution in [0.2, 0.25) is 0 Å². The number of carbonyl (C=O) groups is 2. The number of amides is 2. The summed E-state index contributed by atoms with van der Waals surface area (Å²) in [5.41, 5.74) is 7.17. The molecular weight excluding hydrogens is 865 g/mol. The Hall–Kier alpha value is -5.86. The fourth-order valence-corrected chi connectivity index (χ4v) is 10.3. The molecule has 14 heteroatoms. The molecule has 2 heterocycles. The Labute approximate surface area is 404 Å². The SMILES string of the molecule is COc1ccc(CC2c3cc(OC)c(OC)cc3CC[N+]2(C)CCC(=O)NCCCCCCNC(=O)CC[N+]2(C)CCc3cc(OC)c(OC)cc3C2Cc2ccc(OC)c(OC)c2)cc1OC. The highest BCUT2D eigenvalue weighted by atomic mass is 16.5. The van der Waals surface area contributed by atoms with Gasteiger partial charge < -0.3 is 57.5 Å². The second-order valence-corrected chi connectivity index (χ2v) is 18.6. The number of likely N-dealkylation sites (N-methyl/N-ethyl adjacent to an activating group) is 2. The van der Waals surface area contributed by atoms with Gasteiger partial charge in [-0.1, -0.05) is 25.0 Å². The zero-order valence-electron chi connectivity index (χ0n) is 42.2. The molecule has 0 saturated carbocycles. The number of methoxy groups -OCH3 is 8. The van der Waals surface area contributed by atoms with E-state index in [0.717, 1.165) is 87.1 Å². The van der Waals surface area contributed by atoms with Crippen molar-refractivity contribution in [3.8, 4) is 46.0 Å². The molecule has 0 bridgehead atoms. The molecule has 6 rings (SSSR count). The number of nitrogens with one attached hydrogen (secondary N) is 2. The van der Waals surface area contributed by atoms with Gasteiger partial charge >= 0.3 is 0 Å². The van der Waals surface area contributed by atoms with Crippen molar-refractivity contribution in [3.63, 3.8) is 0 Å². The van der Waals surface area contributed by atoms with Gasteiger partial charge in [0.05, 0.1) is 110 Å². The van der Waals surface area contributed by atoms with Gasteiger partial charge in [-0.2, -0.15) is 0 Å². The van der Waals surface area contributed by atoms with Crippen molar-refractivity contribution < 1.29 is 56.5 Å². The van der Waals surface area contributed by atoms with Gasteiger partial charge in [0.15, 0.2) is 46.0 Å². The van der Waals surface area contributed by atoms with Crippen molar-refractivity contribution in [2.45, 2.75) is 76.3 Å². The summed E-state index contributed by atoms with van der Waals surface area (Å²) in [5, 5.41) is 6.36. The van der Waals surface area contributed by atoms with E-state index in [-0.39, 0.29) is 23.9 Å². The number of rotatable bonds is 25. The van der Waals surface area contributed by atoms with Crippen LogP contribution in [0.5, 0.6) is 46.0 Å². The molecule has 370 valence electrons. The molecule has 2 amide bonds. The predicted molar refractivity (Wildman–Crippen MR) is 264 cm³/mol. The predicted octanol–water partition coefficient (Wildman–Crippen LogP) is 7.60. The maximum absolute atomic E-state index is 13.3. The molecule has 0 aliphatic carbocycles. The molecule has 0 aromatic heterocycles. The highest BCUT2D eigenvalue weighted by molar-refractivity contribution is 5.76. The second-order valence-electron chi connectivity index (χ2n) is 18.6. The number of benzene rings is 4. The lowest BCUT2D eigenvalue weighted by atomic mass is 9.86. The largest absolute Gasteiger partial charge is 0.493 e. The molecule has 0 saturated heterocycles. The van der Waals surface area contributed by atoms with Gasteiger partial charge in [-0.15, -0.1) is 0 Å². The summed E-state index contributed by atoms with van der Waals surface area (Å²) in [4.78, 5) is 26.6. The van der Waals surface area contributed by atoms with Crippen LogP contribution in [0.1, 0.15) is 84.0 Å². The first-order chi connectivity index (χ1) is 32.9. The smallest absolute Gasteiger partial charge is 0.225 e. The van der Waals surface area contributed by atoms with E-state index < -0.39 is 0 Å². The molecule has 0 radical (unpaired) electrons. The topological polar surface area (TPSA) is 132 Å². The molecule has 0 spiro atoms. The normalized spacial score (nSPS) is 19.4. The summed E-state index contributed by atoms with van der Waals surface area (Å²) in [6.07, 6.45) is 7.83. The van der Waals surface area contributed by atoms with Crippen LogP contribution in [0, 0.1) is 0 Å². The number of fused-ring (bicyclic) bond motifs is 2. The van der Waals surface area contributed by atoms with Gasteiger partial charge in [0, 0.05) is 49.9 Å². The highest BCUT2D eigenvalue weighted by Gasteiger charge is 2.42. The number of hydrogen-bond donors (Lipinski definition) is 2. The fraction of sp³-hybridized carbons (Fsp3) is 0.519. The average Bonchev–Trinajstić information content (AvgIpc) is 3.36. The van der Waals surface area contributed by atoms with Crippen molar-refractivity contribution in [2.24, 2.45) is 0 Å². The molecule has 2 aliphatic rings. The van der Waals surface area contributed by atoms with E-state index in [2.05, 4.69) is 61.1 Å². The second kappa shape index (κ2) is 23.9. The van der Waals surface area contributed by atoms with E-state index in [1.165, 1.54) is 22.3 Å². The number of ether oxygens (including phenoxy) is 8. The van der Waals surface area contributed by atoms with Crippen molar-refractivity contribution in [3.05, 3.63) is 94.0 Å². The van der Waals surface area contributed by atoms with Crippen LogP contribution in [0.15, 0.2) is 60.7 Å². The van der Waals surface area contributed by atoms with E-state index >= 15 is 0 Å². The summed E-state index contributed by atoms with van der Waals surface area (Å²) in [6.45, 7) is 4.45. The Kier molecular flexibility index (Phi) is 18.1. The number of nitrogens with zero attached hydrogens (tertiary/aromatic N) is 2. The number of quaternary nitrogens is 2. The zero-order chi connectivity index (χ0) is 48.8. The lowest BCUT2D eigenvalue weighted by molar-refractivity contribution is -0.940. The summed E-state index contributed by atoms with van der Waals surface area (Å²) in [5.74, 6) is 5.76. The molecule has 4 atom stereocenters. The van der Waals surface area contributed by atoms with Gasteiger partial charge in [-0.3, -0.25) is 9.59 Å². The quantitative estimate of drug-likeness (QED) is 0.0506. The summed E-state index contributed by atoms with van der Waals surface area (Å²) >= 11 is 0. The highest BCUT2D eigenvalue weighted by Crippen LogP contribution is 2.45. The van der Waals surface area contributed by atoms with E-state index in [1.54, 1.807) is 56.9 Å². The zero-order valence-corrected chi connectivity index (χ0v) is 42.2. The number of unbranched alkanes of at least 4 members (excludes halogenated alkanes) is 3. The lowest BCUT2D eigenvalue weighted by Crippen LogP contribution is -2.53. The Balaban J connectivity index is 0.963. The van der Waals surface area contributed by atoms with E-state index in [4.69, 9.17) is 37.9 Å². The van der Waals surface area contributed by atoms with Crippen LogP contribution in [0.25, 0.3) is 0 Å². The fourth-order valence-electron chi connectivity index (χ4n) is 10.3. The van der Waals surface area contributed by atoms with Crippen LogP contribution in [0.3, 0.4) is 0 Å². The molecule has 4 unspecified atom stereocenters. The molecule has 14 nitrogen and oxygen atoms in total. The van der Waals surface area contributed by atoms with Gasteiger partial charge in [-0.25, -0.2) is 0 Å². The summed E-state index contributed by atoms with van der Waals surface area (Å²) < 4.78 is 46.6. The van der Waals surface area contributed by atoms with E-state index in [9.17, 15) is 9.59 Å². The number of hydrogen-bond acceptors (Lipinski definition) is 10. The minimum Gasteiger partial charge on any atom is -0.493 e. The molecule has 4 aromatic carbocycles. The number of carbonyl (C=O) groups excluding carboxylic acids is 2. The van der Waals surface area contributed by atoms with Crippen molar-refractivity contribution in [1.29, 1.82) is 0 Å². The first-order valence-electron chi connectivity index (χ1n) is 24.0. The van der Waals surface area contributed by atoms with Crippen LogP contribution in [-0.4, -0.2) is 131 Å². The lowest BCUT2D eigenvalue weighted by Gasteiger charge is -2.46. The van der Waals surface area contributed by atoms with Crippen LogP contribution in [-0.2, 0) is 35.3 Å². The van der Waals surface area contributed by atoms with Gasteiger partial charge in [0.2, 0.25) is 11.8 Å². The van der Waals surface area contributed by atoms with Gasteiger partial charge in [0.1, 0.15) is 12.1 Å². The summed E-state index contributed by atoms with van der Waals surface area (Å²) in [7, 11) is 17.8. The monoisotopic (exact) mass is 941 g/mol. The molecule has 4 aromatic rings. The first kappa shape index (κ1) is 51.5. The minimum absolute atomic E-state index is 0.0676. The molecular formula is C54H76N4O10+2. The maximum atomic E-state index is 13.3. The third-order valence-corrected chi connectivity index (χ3v) is 14.5. The Bertz CT molecular complexity index is 2180. The average molecular weight is 941 g/mol. The Morgan fingerprint density at radius 3 is 1.16 bits per heavy atom. The van der Waals surface area contributed by atoms with Crippen LogP contribution >= 0.6 is 0 Å². The van der Waals surface area contributed by atoms with Crippen molar-refractivity contribution in [1.82, 2.24) is 10.6 Å². The van der Waals surface area contributed by atoms with Crippen molar-refractivity contribution >= 4 is 11.8 Å². The van der Waals surface area contributed by atoms with Gasteiger partial charge in [0.25, 0.3) is 0 Å². The summed E-state index contributed by atoms with van der Waals surface area (Å²) in [6, 6.07) is 20.8. The molecule has 2 N–H and O–H groups in total. The minimum atomic E-state index is 0.0676. The third kappa shape index (κ3) is 12.2. The van der Waals surface area contributed by atoms with Crippen LogP contribution < -0.4 is 48.5 Å². The first-order valence-corrected chi connectivity index (χ1v) is 24.0. The van der Waals surface area contributed by atoms with E-state index in [0.29, 0.717) is 82.5 Å². The Morgan fingerprint density at radius 2 is 0.809 bits per heavy atom. The Morgan fingerprint density at radius 1 is 0.471 bits per heavy atom. The molecule has 68 heavy (non-hydrogen) atoms. The third-order valence-electron chi connectivity index (χ3n) is 14.5. The van der Waals surface area contributed by atoms with Gasteiger partial charge in [-0.05, 0) is 83.6 Å². The molecule has 2 aliphatic heterocycles. The standard InChI is InChI=1S/C54H74N4O10/c1-57(25-19-39-33-49(65-7)51(67-9)35-41(39)43(57)29-37-15-17-45(61-3)47(31-37)63-5)27-21-53(59)55-23-13-11-12-14-24-56-54(60)22-28-58(2)26-20-40-34-50(66-8)52(68-10)36-42(40)44(58)30-38-16-18-46(62-4)48(32-38)64-6/h15-18,31-36,43-44H,11-14,19-30H2,1-10H3/p+2. The maximum Gasteiger partial charge on any atom is 0.225 e.